The number of carboxylic acids is 7. The summed E-state index contributed by atoms with van der Waals surface area (Å²) in [5, 5.41) is 72.9. The number of esters is 3. The van der Waals surface area contributed by atoms with Crippen molar-refractivity contribution in [3.63, 3.8) is 0 Å². The summed E-state index contributed by atoms with van der Waals surface area (Å²) in [6, 6.07) is 0. The molecule has 0 fully saturated rings. The molecule has 23 nitrogen and oxygen atoms in total. The summed E-state index contributed by atoms with van der Waals surface area (Å²) in [5.41, 5.74) is 0. The lowest BCUT2D eigenvalue weighted by atomic mass is 10.00. The van der Waals surface area contributed by atoms with Gasteiger partial charge in [-0.25, -0.2) is 0 Å². The van der Waals surface area contributed by atoms with Gasteiger partial charge in [0, 0.05) is 64.7 Å². The Balaban J connectivity index is -0.000000224. The number of hydrogen-bond acceptors (Lipinski definition) is 14. The fourth-order valence-corrected chi connectivity index (χ4v) is 16.5. The van der Waals surface area contributed by atoms with Crippen molar-refractivity contribution in [3.05, 3.63) is 58.7 Å². The normalized spacial score (nSPS) is 11.2. The minimum Gasteiger partial charge on any atom is -0.481 e. The van der Waals surface area contributed by atoms with Crippen LogP contribution in [0.25, 0.3) is 0 Å². The van der Waals surface area contributed by atoms with E-state index in [0.717, 1.165) is 199 Å². The molecule has 0 aromatic carbocycles. The quantitative estimate of drug-likeness (QED) is 0.00700. The van der Waals surface area contributed by atoms with Gasteiger partial charge in [0.05, 0.1) is 5.92 Å². The highest BCUT2D eigenvalue weighted by atomic mass is 16.9. The van der Waals surface area contributed by atoms with Gasteiger partial charge in [0.25, 0.3) is 5.09 Å². The largest absolute Gasteiger partial charge is 0.481 e. The van der Waals surface area contributed by atoms with Crippen LogP contribution >= 0.6 is 0 Å². The van der Waals surface area contributed by atoms with Crippen molar-refractivity contribution in [1.29, 1.82) is 0 Å². The van der Waals surface area contributed by atoms with Gasteiger partial charge in [-0.2, -0.15) is 0 Å². The van der Waals surface area contributed by atoms with Gasteiger partial charge in [-0.3, -0.25) is 47.9 Å². The second kappa shape index (κ2) is 145. The molecule has 0 aromatic heterocycles. The SMILES string of the molecule is CC(C)CCCCCCC(=O)O.CCCCC(CC)C(=O)O.CCCCC/C=C\C/C=C\CCCCCCCC(=O)OC(C)=O.CCCCCCCC(=O)O.CCCCCCCC/C=C\CCCCCCCC(=O)O.CCCCCCCCCC(=O)O.CCCCCCCCCCCCCCCC(=O)O.CCCCCCCCCCCCCCCCCC(=O)O[C@@H](C/C=C\CCCCCCCC(=O)O)CCCCCC.O=[N+]([O-])O. The van der Waals surface area contributed by atoms with Crippen LogP contribution in [-0.2, 0) is 57.4 Å². The maximum absolute atomic E-state index is 12.5. The fourth-order valence-electron chi connectivity index (χ4n) is 16.5. The number of allylic oxidation sites excluding steroid dienone is 7. The molecule has 2 atom stereocenters. The van der Waals surface area contributed by atoms with E-state index in [-0.39, 0.29) is 24.4 Å². The number of nitrogens with zero attached hydrogens (tertiary/aromatic N) is 1. The topological polar surface area (TPSA) is 394 Å². The minimum absolute atomic E-state index is 0.00931. The molecule has 8 N–H and O–H groups in total. The Kier molecular flexibility index (Phi) is 156. The van der Waals surface area contributed by atoms with Gasteiger partial charge < -0.3 is 50.4 Å². The Morgan fingerprint density at radius 1 is 0.248 bits per heavy atom. The molecule has 0 aromatic rings. The molecule has 0 aliphatic rings. The Bertz CT molecular complexity index is 2910. The summed E-state index contributed by atoms with van der Waals surface area (Å²) < 4.78 is 10.4. The minimum atomic E-state index is -1.50. The predicted molar refractivity (Wildman–Crippen MR) is 624 cm³/mol. The second-order valence-electron chi connectivity index (χ2n) is 41.5. The van der Waals surface area contributed by atoms with Crippen LogP contribution < -0.4 is 0 Å². The van der Waals surface area contributed by atoms with E-state index in [1.807, 2.05) is 6.92 Å². The van der Waals surface area contributed by atoms with Gasteiger partial charge in [-0.1, -0.05) is 516 Å². The third-order valence-corrected chi connectivity index (χ3v) is 25.9. The van der Waals surface area contributed by atoms with E-state index < -0.39 is 58.8 Å². The first-order valence-electron chi connectivity index (χ1n) is 61.8. The van der Waals surface area contributed by atoms with Crippen molar-refractivity contribution < 1.29 is 103 Å². The molecule has 0 spiro atoms. The summed E-state index contributed by atoms with van der Waals surface area (Å²) in [7, 11) is 0. The lowest BCUT2D eigenvalue weighted by molar-refractivity contribution is -0.742. The molecule has 882 valence electrons. The van der Waals surface area contributed by atoms with Crippen LogP contribution in [0, 0.1) is 22.0 Å². The van der Waals surface area contributed by atoms with E-state index in [1.54, 1.807) is 0 Å². The Hall–Kier alpha value is -6.94. The van der Waals surface area contributed by atoms with Crippen LogP contribution in [0.2, 0.25) is 0 Å². The number of carbonyl (C=O) groups is 10. The molecule has 0 saturated carbocycles. The smallest absolute Gasteiger partial charge is 0.313 e. The third-order valence-electron chi connectivity index (χ3n) is 25.9. The average Bonchev–Trinajstić information content (AvgIpc) is 0.957. The highest BCUT2D eigenvalue weighted by Crippen LogP contribution is 2.22. The van der Waals surface area contributed by atoms with Gasteiger partial charge in [0.15, 0.2) is 0 Å². The maximum atomic E-state index is 12.5. The molecule has 0 rings (SSSR count). The summed E-state index contributed by atoms with van der Waals surface area (Å²) in [6.07, 6.45) is 123. The Labute approximate surface area is 914 Å². The fraction of sp³-hybridized carbons (Fsp3) is 0.857. The molecule has 0 radical (unpaired) electrons. The van der Waals surface area contributed by atoms with E-state index in [2.05, 4.69) is 123 Å². The van der Waals surface area contributed by atoms with E-state index >= 15 is 0 Å². The van der Waals surface area contributed by atoms with Crippen molar-refractivity contribution in [2.24, 2.45) is 11.8 Å². The zero-order valence-electron chi connectivity index (χ0n) is 98.9. The Morgan fingerprint density at radius 2 is 0.443 bits per heavy atom. The summed E-state index contributed by atoms with van der Waals surface area (Å²) in [6.45, 7) is 25.3. The molecule has 23 heteroatoms. The van der Waals surface area contributed by atoms with Gasteiger partial charge >= 0.3 is 59.7 Å². The van der Waals surface area contributed by atoms with E-state index in [9.17, 15) is 47.9 Å². The summed E-state index contributed by atoms with van der Waals surface area (Å²) in [5.74, 6) is -4.91. The van der Waals surface area contributed by atoms with Crippen molar-refractivity contribution in [3.8, 4) is 0 Å². The number of rotatable bonds is 101. The molecule has 0 saturated heterocycles. The van der Waals surface area contributed by atoms with Crippen LogP contribution in [0.1, 0.15) is 680 Å². The van der Waals surface area contributed by atoms with Crippen LogP contribution in [0.4, 0.5) is 0 Å². The van der Waals surface area contributed by atoms with E-state index in [0.29, 0.717) is 44.9 Å². The zero-order chi connectivity index (χ0) is 113. The van der Waals surface area contributed by atoms with Gasteiger partial charge in [-0.15, -0.1) is 10.1 Å². The molecule has 0 bridgehead atoms. The molecule has 0 aliphatic heterocycles. The summed E-state index contributed by atoms with van der Waals surface area (Å²) >= 11 is 0. The standard InChI is InChI=1S/C36H68O4.C20H34O3.C18H34O2.C16H32O2.2C10H20O2.2C8H16O2.HNO3/c1-3-5-7-9-10-11-12-13-14-15-16-17-22-25-29-33-36(39)40-34(30-26-8-6-4-2)31-27-23-20-18-19-21-24-28-32-35(37)38;1-3-4-5-6-7-8-9-10-11-12-13-14-15-16-17-18-20(22)23-19(2)21;1-2-3-4-5-6-7-8-9-10-11-12-13-14-15-16-17-18(19)20;1-2-3-4-5-6-7-8-9-10-11-12-13-14-15-16(17)18;1-9(2)7-5-3-4-6-8-10(11)12;1-2-3-4-5-6-7-8-9-10(11)12;1-3-5-6-7(4-2)8(9)10;1-2-3-4-5-6-7-8(9)10;2-1(3)4/h23,27,34H,3-22,24-26,28-33H2,1-2H3,(H,37,38);7-8,10-11H,3-6,9,12-18H2,1-2H3;9-10H,2-8,11-17H2,1H3,(H,19,20);2-15H2,1H3,(H,17,18);9H,3-8H2,1-2H3,(H,11,12);2-9H2,1H3,(H,11,12);7H,3-6H2,1-2H3,(H,9,10);2-7H2,1H3,(H,9,10);(H,2,3,4)/b27-23-;8-7-,11-10-;10-9-;;;;;;/t34-;;;;;;;;/m1......../s1. The van der Waals surface area contributed by atoms with Crippen molar-refractivity contribution in [1.82, 2.24) is 0 Å². The molecular formula is C126H241NO22. The number of aliphatic carboxylic acids is 7. The highest BCUT2D eigenvalue weighted by molar-refractivity contribution is 5.84. The van der Waals surface area contributed by atoms with Crippen LogP contribution in [0.3, 0.4) is 0 Å². The first-order chi connectivity index (χ1) is 71.9. The summed E-state index contributed by atoms with van der Waals surface area (Å²) in [4.78, 5) is 114. The predicted octanol–water partition coefficient (Wildman–Crippen LogP) is 40.1. The third kappa shape index (κ3) is 186. The molecule has 149 heavy (non-hydrogen) atoms. The van der Waals surface area contributed by atoms with Crippen LogP contribution in [0.15, 0.2) is 48.6 Å². The molecule has 1 unspecified atom stereocenters. The molecule has 0 aliphatic carbocycles. The highest BCUT2D eigenvalue weighted by Gasteiger charge is 2.16. The number of ether oxygens (including phenoxy) is 2. The number of unbranched alkanes of at least 4 members (excludes halogenated alkanes) is 67. The average molecular weight is 2120 g/mol. The van der Waals surface area contributed by atoms with Crippen LogP contribution in [-0.4, -0.2) is 112 Å². The maximum Gasteiger partial charge on any atom is 0.313 e. The first kappa shape index (κ1) is 160. The monoisotopic (exact) mass is 2120 g/mol. The number of carbonyl (C=O) groups excluding carboxylic acids is 3. The molecule has 0 amide bonds. The van der Waals surface area contributed by atoms with Crippen molar-refractivity contribution in [2.45, 2.75) is 686 Å². The van der Waals surface area contributed by atoms with Gasteiger partial charge in [0.2, 0.25) is 0 Å². The number of hydrogen-bond donors (Lipinski definition) is 8. The van der Waals surface area contributed by atoms with Gasteiger partial charge in [-0.05, 0) is 154 Å². The van der Waals surface area contributed by atoms with Gasteiger partial charge in [0.1, 0.15) is 6.10 Å². The molecule has 0 heterocycles. The molecular weight excluding hydrogens is 1880 g/mol. The Morgan fingerprint density at radius 3 is 0.678 bits per heavy atom. The number of carboxylic acid groups (broad SMARTS) is 7. The lowest BCUT2D eigenvalue weighted by Crippen LogP contribution is -2.17. The second-order valence-corrected chi connectivity index (χ2v) is 41.5. The van der Waals surface area contributed by atoms with Crippen LogP contribution in [0.5, 0.6) is 0 Å². The van der Waals surface area contributed by atoms with Crippen molar-refractivity contribution in [2.75, 3.05) is 0 Å². The first-order valence-corrected chi connectivity index (χ1v) is 61.8. The lowest BCUT2D eigenvalue weighted by Gasteiger charge is -2.16. The zero-order valence-corrected chi connectivity index (χ0v) is 98.9. The van der Waals surface area contributed by atoms with Crippen molar-refractivity contribution >= 4 is 59.7 Å². The van der Waals surface area contributed by atoms with E-state index in [4.69, 9.17) is 55.8 Å². The van der Waals surface area contributed by atoms with E-state index in [1.165, 1.54) is 360 Å².